The summed E-state index contributed by atoms with van der Waals surface area (Å²) in [6.07, 6.45) is -0.0752. The highest BCUT2D eigenvalue weighted by molar-refractivity contribution is 6.35. The molecule has 1 unspecified atom stereocenters. The van der Waals surface area contributed by atoms with E-state index in [9.17, 15) is 24.1 Å². The van der Waals surface area contributed by atoms with E-state index >= 15 is 0 Å². The Morgan fingerprint density at radius 2 is 1.52 bits per heavy atom. The first-order valence-electron chi connectivity index (χ1n) is 6.93. The van der Waals surface area contributed by atoms with Crippen LogP contribution in [0.1, 0.15) is 41.0 Å². The van der Waals surface area contributed by atoms with Crippen molar-refractivity contribution in [1.82, 2.24) is 0 Å². The van der Waals surface area contributed by atoms with E-state index in [-0.39, 0.29) is 18.9 Å². The molecular weight excluding hydrogens is 274 g/mol. The fraction of sp³-hybridized carbons (Fsp3) is 0.733. The van der Waals surface area contributed by atoms with Crippen LogP contribution >= 0.6 is 0 Å². The molecule has 0 N–H and O–H groups in total. The fourth-order valence-corrected chi connectivity index (χ4v) is 2.79. The molecule has 0 aliphatic heterocycles. The molecule has 0 radical (unpaired) electrons. The fourth-order valence-electron chi connectivity index (χ4n) is 2.79. The second kappa shape index (κ2) is 5.58. The zero-order chi connectivity index (χ0) is 16.6. The highest BCUT2D eigenvalue weighted by atomic mass is 16.3. The number of Topliss-reactive ketones (excluding diaryl/α,β-unsaturated/α-hetero) is 4. The van der Waals surface area contributed by atoms with Gasteiger partial charge in [0.1, 0.15) is 5.92 Å². The Labute approximate surface area is 123 Å². The Bertz CT molecular complexity index is 488. The minimum Gasteiger partial charge on any atom is -0.298 e. The number of carbonyl (C=O) groups excluding carboxylic acids is 4. The van der Waals surface area contributed by atoms with E-state index in [2.05, 4.69) is 5.18 Å². The van der Waals surface area contributed by atoms with Gasteiger partial charge in [0, 0.05) is 6.42 Å². The molecule has 0 aromatic heterocycles. The second-order valence-corrected chi connectivity index (χ2v) is 6.83. The van der Waals surface area contributed by atoms with Crippen molar-refractivity contribution in [3.05, 3.63) is 4.91 Å². The predicted molar refractivity (Wildman–Crippen MR) is 75.5 cm³/mol. The molecule has 6 heteroatoms. The Morgan fingerprint density at radius 3 is 1.90 bits per heavy atom. The molecule has 1 aliphatic rings. The zero-order valence-electron chi connectivity index (χ0n) is 13.1. The van der Waals surface area contributed by atoms with Crippen LogP contribution in [0.2, 0.25) is 0 Å². The molecule has 1 atom stereocenters. The minimum absolute atomic E-state index is 0.0491. The van der Waals surface area contributed by atoms with Crippen LogP contribution in [-0.2, 0) is 19.2 Å². The number of nitrogens with zero attached hydrogens (tertiary/aromatic N) is 1. The van der Waals surface area contributed by atoms with Gasteiger partial charge in [0.05, 0.1) is 17.4 Å². The summed E-state index contributed by atoms with van der Waals surface area (Å²) in [6.45, 7) is 7.39. The van der Waals surface area contributed by atoms with Crippen molar-refractivity contribution in [2.45, 2.75) is 41.0 Å². The lowest BCUT2D eigenvalue weighted by molar-refractivity contribution is -0.161. The van der Waals surface area contributed by atoms with Crippen LogP contribution in [0.3, 0.4) is 0 Å². The van der Waals surface area contributed by atoms with E-state index < -0.39 is 39.9 Å². The highest BCUT2D eigenvalue weighted by Gasteiger charge is 2.59. The lowest BCUT2D eigenvalue weighted by atomic mass is 9.57. The standard InChI is InChI=1S/C15H21NO5/c1-8(7-16-21)6-9(17)10-11(18)14(2,3)13(20)15(4,5)12(10)19/h8,10H,6-7H2,1-5H3. The summed E-state index contributed by atoms with van der Waals surface area (Å²) in [5.41, 5.74) is -2.71. The van der Waals surface area contributed by atoms with Gasteiger partial charge >= 0.3 is 0 Å². The zero-order valence-corrected chi connectivity index (χ0v) is 13.1. The molecule has 0 bridgehead atoms. The van der Waals surface area contributed by atoms with Crippen molar-refractivity contribution in [3.63, 3.8) is 0 Å². The largest absolute Gasteiger partial charge is 0.298 e. The summed E-state index contributed by atoms with van der Waals surface area (Å²) < 4.78 is 0. The van der Waals surface area contributed by atoms with Crippen LogP contribution in [0.4, 0.5) is 0 Å². The van der Waals surface area contributed by atoms with Gasteiger partial charge in [-0.3, -0.25) is 19.2 Å². The van der Waals surface area contributed by atoms with Gasteiger partial charge in [-0.25, -0.2) is 0 Å². The lowest BCUT2D eigenvalue weighted by Crippen LogP contribution is -2.59. The van der Waals surface area contributed by atoms with Gasteiger partial charge in [0.25, 0.3) is 0 Å². The molecule has 0 spiro atoms. The smallest absolute Gasteiger partial charge is 0.163 e. The lowest BCUT2D eigenvalue weighted by Gasteiger charge is -2.40. The van der Waals surface area contributed by atoms with Gasteiger partial charge in [-0.1, -0.05) is 12.1 Å². The van der Waals surface area contributed by atoms with Crippen LogP contribution in [0.5, 0.6) is 0 Å². The summed E-state index contributed by atoms with van der Waals surface area (Å²) >= 11 is 0. The number of carbonyl (C=O) groups is 4. The maximum Gasteiger partial charge on any atom is 0.163 e. The summed E-state index contributed by atoms with van der Waals surface area (Å²) in [4.78, 5) is 59.6. The molecule has 0 aromatic carbocycles. The van der Waals surface area contributed by atoms with Gasteiger partial charge in [-0.05, 0) is 33.6 Å². The van der Waals surface area contributed by atoms with Gasteiger partial charge < -0.3 is 0 Å². The van der Waals surface area contributed by atoms with Crippen LogP contribution in [0, 0.1) is 27.6 Å². The highest BCUT2D eigenvalue weighted by Crippen LogP contribution is 2.41. The first-order chi connectivity index (χ1) is 9.47. The summed E-state index contributed by atoms with van der Waals surface area (Å²) in [6, 6.07) is 0. The monoisotopic (exact) mass is 295 g/mol. The number of hydrogen-bond acceptors (Lipinski definition) is 6. The summed E-state index contributed by atoms with van der Waals surface area (Å²) in [5.74, 6) is -4.03. The topological polar surface area (TPSA) is 97.7 Å². The third-order valence-corrected chi connectivity index (χ3v) is 4.15. The van der Waals surface area contributed by atoms with Crippen molar-refractivity contribution >= 4 is 23.1 Å². The first-order valence-corrected chi connectivity index (χ1v) is 6.93. The van der Waals surface area contributed by atoms with Gasteiger partial charge in [-0.15, -0.1) is 0 Å². The predicted octanol–water partition coefficient (Wildman–Crippen LogP) is 1.74. The van der Waals surface area contributed by atoms with Gasteiger partial charge in [0.15, 0.2) is 23.1 Å². The molecule has 0 aromatic rings. The average Bonchev–Trinajstić information content (AvgIpc) is 2.36. The van der Waals surface area contributed by atoms with E-state index in [0.717, 1.165) is 0 Å². The minimum atomic E-state index is -1.41. The summed E-state index contributed by atoms with van der Waals surface area (Å²) in [5, 5.41) is 2.71. The molecule has 0 heterocycles. The normalized spacial score (nSPS) is 23.0. The number of rotatable bonds is 5. The van der Waals surface area contributed by atoms with Crippen molar-refractivity contribution in [2.24, 2.45) is 27.8 Å². The quantitative estimate of drug-likeness (QED) is 0.568. The summed E-state index contributed by atoms with van der Waals surface area (Å²) in [7, 11) is 0. The van der Waals surface area contributed by atoms with Crippen molar-refractivity contribution in [2.75, 3.05) is 6.54 Å². The van der Waals surface area contributed by atoms with E-state index in [4.69, 9.17) is 0 Å². The average molecular weight is 295 g/mol. The first kappa shape index (κ1) is 17.3. The Balaban J connectivity index is 3.13. The van der Waals surface area contributed by atoms with Gasteiger partial charge in [-0.2, -0.15) is 4.91 Å². The number of ketones is 4. The van der Waals surface area contributed by atoms with Crippen LogP contribution in [0.25, 0.3) is 0 Å². The molecule has 1 fully saturated rings. The Hall–Kier alpha value is -1.72. The molecular formula is C15H21NO5. The van der Waals surface area contributed by atoms with Crippen molar-refractivity contribution in [1.29, 1.82) is 0 Å². The molecule has 1 rings (SSSR count). The molecule has 0 saturated heterocycles. The Kier molecular flexibility index (Phi) is 4.60. The molecule has 116 valence electrons. The van der Waals surface area contributed by atoms with E-state index in [1.54, 1.807) is 6.92 Å². The van der Waals surface area contributed by atoms with Crippen LogP contribution in [0.15, 0.2) is 5.18 Å². The van der Waals surface area contributed by atoms with E-state index in [1.165, 1.54) is 27.7 Å². The van der Waals surface area contributed by atoms with E-state index in [0.29, 0.717) is 0 Å². The number of nitroso groups, excluding NO2 is 1. The third-order valence-electron chi connectivity index (χ3n) is 4.15. The van der Waals surface area contributed by atoms with Crippen molar-refractivity contribution < 1.29 is 19.2 Å². The second-order valence-electron chi connectivity index (χ2n) is 6.83. The maximum absolute atomic E-state index is 12.4. The molecule has 1 aliphatic carbocycles. The van der Waals surface area contributed by atoms with Gasteiger partial charge in [0.2, 0.25) is 0 Å². The maximum atomic E-state index is 12.4. The SMILES string of the molecule is CC(CN=O)CC(=O)C1C(=O)C(C)(C)C(=O)C(C)(C)C1=O. The molecule has 21 heavy (non-hydrogen) atoms. The van der Waals surface area contributed by atoms with E-state index in [1.807, 2.05) is 0 Å². The molecule has 0 amide bonds. The number of hydrogen-bond donors (Lipinski definition) is 0. The Morgan fingerprint density at radius 1 is 1.10 bits per heavy atom. The third kappa shape index (κ3) is 2.84. The van der Waals surface area contributed by atoms with Crippen LogP contribution in [-0.4, -0.2) is 29.7 Å². The molecule has 1 saturated carbocycles. The van der Waals surface area contributed by atoms with Crippen molar-refractivity contribution in [3.8, 4) is 0 Å². The molecule has 6 nitrogen and oxygen atoms in total. The van der Waals surface area contributed by atoms with Crippen LogP contribution < -0.4 is 0 Å².